The van der Waals surface area contributed by atoms with Crippen LogP contribution in [0.5, 0.6) is 0 Å². The van der Waals surface area contributed by atoms with Crippen molar-refractivity contribution in [2.75, 3.05) is 6.54 Å². The van der Waals surface area contributed by atoms with Crippen molar-refractivity contribution in [2.24, 2.45) is 0 Å². The molecule has 0 aliphatic heterocycles. The van der Waals surface area contributed by atoms with Crippen LogP contribution in [0.1, 0.15) is 30.3 Å². The highest BCUT2D eigenvalue weighted by atomic mass is 32.1. The summed E-state index contributed by atoms with van der Waals surface area (Å²) >= 11 is 1.75. The monoisotopic (exact) mass is 237 g/mol. The van der Waals surface area contributed by atoms with Gasteiger partial charge in [0.2, 0.25) is 0 Å². The van der Waals surface area contributed by atoms with Gasteiger partial charge in [0.1, 0.15) is 5.82 Å². The number of fused-ring (bicyclic) bond motifs is 1. The SMILES string of the molecule is CCNC(C)c1sc2ccc(F)cc2c1C. The van der Waals surface area contributed by atoms with Gasteiger partial charge in [0.05, 0.1) is 0 Å². The first-order valence-electron chi connectivity index (χ1n) is 5.55. The van der Waals surface area contributed by atoms with Crippen LogP contribution in [-0.4, -0.2) is 6.54 Å². The van der Waals surface area contributed by atoms with Crippen molar-refractivity contribution in [3.8, 4) is 0 Å². The molecular formula is C13H16FNS. The largest absolute Gasteiger partial charge is 0.310 e. The van der Waals surface area contributed by atoms with Gasteiger partial charge in [-0.2, -0.15) is 0 Å². The van der Waals surface area contributed by atoms with Gasteiger partial charge in [0.25, 0.3) is 0 Å². The number of rotatable bonds is 3. The average molecular weight is 237 g/mol. The van der Waals surface area contributed by atoms with Gasteiger partial charge in [-0.05, 0) is 49.5 Å². The molecule has 3 heteroatoms. The molecular weight excluding hydrogens is 221 g/mol. The van der Waals surface area contributed by atoms with Gasteiger partial charge in [0, 0.05) is 15.6 Å². The molecule has 0 amide bonds. The predicted octanol–water partition coefficient (Wildman–Crippen LogP) is 4.02. The Hall–Kier alpha value is -0.930. The van der Waals surface area contributed by atoms with Crippen LogP contribution in [0.25, 0.3) is 10.1 Å². The quantitative estimate of drug-likeness (QED) is 0.850. The molecule has 0 aliphatic rings. The topological polar surface area (TPSA) is 12.0 Å². The Bertz CT molecular complexity index is 504. The molecule has 0 spiro atoms. The average Bonchev–Trinajstić information content (AvgIpc) is 2.57. The highest BCUT2D eigenvalue weighted by Crippen LogP contribution is 2.34. The summed E-state index contributed by atoms with van der Waals surface area (Å²) in [6.45, 7) is 7.26. The maximum absolute atomic E-state index is 13.2. The van der Waals surface area contributed by atoms with Gasteiger partial charge in [-0.25, -0.2) is 4.39 Å². The number of benzene rings is 1. The van der Waals surface area contributed by atoms with Gasteiger partial charge in [0.15, 0.2) is 0 Å². The molecule has 0 bridgehead atoms. The van der Waals surface area contributed by atoms with Crippen molar-refractivity contribution in [3.63, 3.8) is 0 Å². The van der Waals surface area contributed by atoms with Crippen molar-refractivity contribution in [1.29, 1.82) is 0 Å². The van der Waals surface area contributed by atoms with E-state index in [2.05, 4.69) is 26.1 Å². The zero-order valence-corrected chi connectivity index (χ0v) is 10.6. The van der Waals surface area contributed by atoms with Gasteiger partial charge >= 0.3 is 0 Å². The first-order chi connectivity index (χ1) is 7.63. The molecule has 0 saturated carbocycles. The lowest BCUT2D eigenvalue weighted by Gasteiger charge is -2.11. The van der Waals surface area contributed by atoms with Crippen LogP contribution in [0.2, 0.25) is 0 Å². The van der Waals surface area contributed by atoms with Crippen molar-refractivity contribution in [2.45, 2.75) is 26.8 Å². The van der Waals surface area contributed by atoms with Crippen LogP contribution < -0.4 is 5.32 Å². The fourth-order valence-electron chi connectivity index (χ4n) is 2.02. The summed E-state index contributed by atoms with van der Waals surface area (Å²) in [6.07, 6.45) is 0. The van der Waals surface area contributed by atoms with E-state index in [1.165, 1.54) is 21.2 Å². The van der Waals surface area contributed by atoms with Gasteiger partial charge in [-0.1, -0.05) is 6.92 Å². The molecule has 1 heterocycles. The molecule has 0 aliphatic carbocycles. The molecule has 2 aromatic rings. The van der Waals surface area contributed by atoms with Gasteiger partial charge in [-0.3, -0.25) is 0 Å². The van der Waals surface area contributed by atoms with Crippen LogP contribution in [0.4, 0.5) is 4.39 Å². The number of aryl methyl sites for hydroxylation is 1. The zero-order valence-electron chi connectivity index (χ0n) is 9.80. The standard InChI is InChI=1S/C13H16FNS/c1-4-15-9(3)13-8(2)11-7-10(14)5-6-12(11)16-13/h5-7,9,15H,4H2,1-3H3. The lowest BCUT2D eigenvalue weighted by Crippen LogP contribution is -2.17. The summed E-state index contributed by atoms with van der Waals surface area (Å²) in [5.41, 5.74) is 1.20. The second kappa shape index (κ2) is 4.52. The Morgan fingerprint density at radius 3 is 2.88 bits per heavy atom. The molecule has 0 fully saturated rings. The Labute approximate surface area is 99.3 Å². The van der Waals surface area contributed by atoms with E-state index in [1.807, 2.05) is 6.07 Å². The van der Waals surface area contributed by atoms with Crippen LogP contribution in [-0.2, 0) is 0 Å². The van der Waals surface area contributed by atoms with E-state index in [0.717, 1.165) is 11.9 Å². The van der Waals surface area contributed by atoms with Crippen LogP contribution in [0.15, 0.2) is 18.2 Å². The lowest BCUT2D eigenvalue weighted by molar-refractivity contribution is 0.605. The summed E-state index contributed by atoms with van der Waals surface area (Å²) in [5.74, 6) is -0.156. The summed E-state index contributed by atoms with van der Waals surface area (Å²) in [4.78, 5) is 1.31. The summed E-state index contributed by atoms with van der Waals surface area (Å²) in [7, 11) is 0. The fraction of sp³-hybridized carbons (Fsp3) is 0.385. The molecule has 1 nitrogen and oxygen atoms in total. The highest BCUT2D eigenvalue weighted by Gasteiger charge is 2.13. The number of thiophene rings is 1. The molecule has 1 N–H and O–H groups in total. The third-order valence-corrected chi connectivity index (χ3v) is 4.29. The minimum absolute atomic E-state index is 0.156. The van der Waals surface area contributed by atoms with E-state index in [0.29, 0.717) is 6.04 Å². The van der Waals surface area contributed by atoms with E-state index < -0.39 is 0 Å². The van der Waals surface area contributed by atoms with Crippen molar-refractivity contribution in [3.05, 3.63) is 34.5 Å². The van der Waals surface area contributed by atoms with Gasteiger partial charge < -0.3 is 5.32 Å². The van der Waals surface area contributed by atoms with Crippen molar-refractivity contribution < 1.29 is 4.39 Å². The molecule has 0 radical (unpaired) electrons. The number of nitrogens with one attached hydrogen (secondary N) is 1. The number of halogens is 1. The zero-order chi connectivity index (χ0) is 11.7. The Balaban J connectivity index is 2.51. The first-order valence-corrected chi connectivity index (χ1v) is 6.37. The maximum atomic E-state index is 13.2. The third-order valence-electron chi connectivity index (χ3n) is 2.84. The smallest absolute Gasteiger partial charge is 0.123 e. The lowest BCUT2D eigenvalue weighted by atomic mass is 10.1. The molecule has 1 aromatic carbocycles. The molecule has 2 rings (SSSR count). The predicted molar refractivity (Wildman–Crippen MR) is 68.6 cm³/mol. The maximum Gasteiger partial charge on any atom is 0.123 e. The Morgan fingerprint density at radius 1 is 1.44 bits per heavy atom. The second-order valence-corrected chi connectivity index (χ2v) is 5.09. The summed E-state index contributed by atoms with van der Waals surface area (Å²) in [6, 6.07) is 5.36. The van der Waals surface area contributed by atoms with E-state index in [4.69, 9.17) is 0 Å². The second-order valence-electron chi connectivity index (χ2n) is 4.01. The fourth-order valence-corrected chi connectivity index (χ4v) is 3.24. The Morgan fingerprint density at radius 2 is 2.19 bits per heavy atom. The van der Waals surface area contributed by atoms with Crippen LogP contribution >= 0.6 is 11.3 Å². The molecule has 16 heavy (non-hydrogen) atoms. The third kappa shape index (κ3) is 1.97. The molecule has 86 valence electrons. The Kier molecular flexibility index (Phi) is 3.26. The molecule has 0 saturated heterocycles. The molecule has 1 unspecified atom stereocenters. The van der Waals surface area contributed by atoms with Crippen molar-refractivity contribution in [1.82, 2.24) is 5.32 Å². The van der Waals surface area contributed by atoms with Crippen molar-refractivity contribution >= 4 is 21.4 Å². The van der Waals surface area contributed by atoms with Crippen LogP contribution in [0, 0.1) is 12.7 Å². The number of hydrogen-bond donors (Lipinski definition) is 1. The van der Waals surface area contributed by atoms with E-state index in [9.17, 15) is 4.39 Å². The van der Waals surface area contributed by atoms with Crippen LogP contribution in [0.3, 0.4) is 0 Å². The van der Waals surface area contributed by atoms with E-state index in [1.54, 1.807) is 17.4 Å². The summed E-state index contributed by atoms with van der Waals surface area (Å²) in [5, 5.41) is 4.44. The molecule has 1 atom stereocenters. The highest BCUT2D eigenvalue weighted by molar-refractivity contribution is 7.19. The minimum atomic E-state index is -0.156. The minimum Gasteiger partial charge on any atom is -0.310 e. The molecule has 1 aromatic heterocycles. The van der Waals surface area contributed by atoms with E-state index >= 15 is 0 Å². The normalized spacial score (nSPS) is 13.2. The van der Waals surface area contributed by atoms with Gasteiger partial charge in [-0.15, -0.1) is 11.3 Å². The first kappa shape index (κ1) is 11.6. The van der Waals surface area contributed by atoms with E-state index in [-0.39, 0.29) is 5.82 Å². The summed E-state index contributed by atoms with van der Waals surface area (Å²) < 4.78 is 14.3. The number of hydrogen-bond acceptors (Lipinski definition) is 2.